The largest absolute Gasteiger partial charge is 0.314 e. The molecule has 0 amide bonds. The first kappa shape index (κ1) is 11.6. The Morgan fingerprint density at radius 1 is 1.56 bits per heavy atom. The summed E-state index contributed by atoms with van der Waals surface area (Å²) in [6, 6.07) is 1.31. The molecular formula is C12H22N4. The molecule has 1 heterocycles. The summed E-state index contributed by atoms with van der Waals surface area (Å²) in [5.41, 5.74) is 0. The van der Waals surface area contributed by atoms with E-state index in [-0.39, 0.29) is 0 Å². The molecule has 2 rings (SSSR count). The van der Waals surface area contributed by atoms with Crippen molar-refractivity contribution in [3.63, 3.8) is 0 Å². The smallest absolute Gasteiger partial charge is 0.134 e. The highest BCUT2D eigenvalue weighted by molar-refractivity contribution is 4.95. The van der Waals surface area contributed by atoms with Crippen molar-refractivity contribution in [1.29, 1.82) is 0 Å². The van der Waals surface area contributed by atoms with Crippen LogP contribution in [0.3, 0.4) is 0 Å². The van der Waals surface area contributed by atoms with Crippen LogP contribution in [0.25, 0.3) is 0 Å². The second-order valence-corrected chi connectivity index (χ2v) is 4.78. The van der Waals surface area contributed by atoms with Crippen LogP contribution in [0.2, 0.25) is 0 Å². The molecule has 1 atom stereocenters. The van der Waals surface area contributed by atoms with Gasteiger partial charge in [-0.1, -0.05) is 13.3 Å². The highest BCUT2D eigenvalue weighted by Gasteiger charge is 2.25. The number of hydrogen-bond acceptors (Lipinski definition) is 3. The van der Waals surface area contributed by atoms with Crippen LogP contribution in [0, 0.1) is 0 Å². The zero-order valence-electron chi connectivity index (χ0n) is 10.3. The van der Waals surface area contributed by atoms with Crippen LogP contribution in [0.4, 0.5) is 0 Å². The number of nitrogens with one attached hydrogen (secondary N) is 1. The normalized spacial score (nSPS) is 17.6. The zero-order valence-corrected chi connectivity index (χ0v) is 10.3. The monoisotopic (exact) mass is 222 g/mol. The molecule has 0 aromatic carbocycles. The molecule has 1 aliphatic rings. The summed E-state index contributed by atoms with van der Waals surface area (Å²) in [5.74, 6) is 1.14. The van der Waals surface area contributed by atoms with Gasteiger partial charge >= 0.3 is 0 Å². The predicted octanol–water partition coefficient (Wildman–Crippen LogP) is 1.93. The fourth-order valence-corrected chi connectivity index (χ4v) is 2.07. The third kappa shape index (κ3) is 3.04. The molecule has 0 saturated heterocycles. The van der Waals surface area contributed by atoms with Crippen molar-refractivity contribution < 1.29 is 0 Å². The van der Waals surface area contributed by atoms with E-state index in [0.717, 1.165) is 18.8 Å². The number of hydrogen-bond donors (Lipinski definition) is 1. The third-order valence-corrected chi connectivity index (χ3v) is 3.15. The van der Waals surface area contributed by atoms with Crippen LogP contribution in [0.15, 0.2) is 6.33 Å². The second-order valence-electron chi connectivity index (χ2n) is 4.78. The third-order valence-electron chi connectivity index (χ3n) is 3.15. The van der Waals surface area contributed by atoms with E-state index in [9.17, 15) is 0 Å². The Bertz CT molecular complexity index is 317. The van der Waals surface area contributed by atoms with Gasteiger partial charge in [-0.3, -0.25) is 0 Å². The van der Waals surface area contributed by atoms with Gasteiger partial charge in [-0.25, -0.2) is 0 Å². The van der Waals surface area contributed by atoms with E-state index in [2.05, 4.69) is 33.9 Å². The Kier molecular flexibility index (Phi) is 3.93. The van der Waals surface area contributed by atoms with Gasteiger partial charge in [0.15, 0.2) is 0 Å². The maximum atomic E-state index is 4.19. The van der Waals surface area contributed by atoms with Crippen LogP contribution in [0.5, 0.6) is 0 Å². The Morgan fingerprint density at radius 2 is 2.38 bits per heavy atom. The summed E-state index contributed by atoms with van der Waals surface area (Å²) in [5, 5.41) is 11.7. The van der Waals surface area contributed by atoms with E-state index in [0.29, 0.717) is 12.1 Å². The molecule has 4 heteroatoms. The minimum absolute atomic E-state index is 0.613. The van der Waals surface area contributed by atoms with E-state index in [1.54, 1.807) is 0 Å². The lowest BCUT2D eigenvalue weighted by Crippen LogP contribution is -2.28. The Morgan fingerprint density at radius 3 is 3.06 bits per heavy atom. The molecule has 0 aliphatic heterocycles. The molecule has 1 N–H and O–H groups in total. The van der Waals surface area contributed by atoms with E-state index in [1.807, 2.05) is 6.33 Å². The standard InChI is InChI=1S/C12H22N4/c1-3-4-10(2)13-8-7-12-15-14-9-16(12)11-5-6-11/h9-11,13H,3-8H2,1-2H3. The van der Waals surface area contributed by atoms with Gasteiger partial charge in [0, 0.05) is 25.0 Å². The van der Waals surface area contributed by atoms with E-state index in [1.165, 1.54) is 25.7 Å². The van der Waals surface area contributed by atoms with Crippen molar-refractivity contribution >= 4 is 0 Å². The minimum Gasteiger partial charge on any atom is -0.314 e. The topological polar surface area (TPSA) is 42.7 Å². The number of aromatic nitrogens is 3. The molecule has 0 bridgehead atoms. The van der Waals surface area contributed by atoms with Crippen LogP contribution in [-0.4, -0.2) is 27.4 Å². The number of nitrogens with zero attached hydrogens (tertiary/aromatic N) is 3. The summed E-state index contributed by atoms with van der Waals surface area (Å²) in [6.07, 6.45) is 7.95. The molecule has 1 aromatic heterocycles. The molecule has 0 radical (unpaired) electrons. The maximum absolute atomic E-state index is 4.19. The van der Waals surface area contributed by atoms with Crippen LogP contribution >= 0.6 is 0 Å². The van der Waals surface area contributed by atoms with Gasteiger partial charge in [-0.15, -0.1) is 10.2 Å². The minimum atomic E-state index is 0.613. The summed E-state index contributed by atoms with van der Waals surface area (Å²) in [6.45, 7) is 5.48. The van der Waals surface area contributed by atoms with Crippen molar-refractivity contribution in [3.8, 4) is 0 Å². The van der Waals surface area contributed by atoms with Gasteiger partial charge in [0.2, 0.25) is 0 Å². The van der Waals surface area contributed by atoms with Crippen molar-refractivity contribution in [2.75, 3.05) is 6.54 Å². The van der Waals surface area contributed by atoms with Crippen molar-refractivity contribution in [1.82, 2.24) is 20.1 Å². The van der Waals surface area contributed by atoms with Gasteiger partial charge in [0.25, 0.3) is 0 Å². The Hall–Kier alpha value is -0.900. The van der Waals surface area contributed by atoms with Crippen molar-refractivity contribution in [2.24, 2.45) is 0 Å². The van der Waals surface area contributed by atoms with Gasteiger partial charge < -0.3 is 9.88 Å². The molecule has 1 aliphatic carbocycles. The lowest BCUT2D eigenvalue weighted by molar-refractivity contribution is 0.503. The fourth-order valence-electron chi connectivity index (χ4n) is 2.07. The van der Waals surface area contributed by atoms with Gasteiger partial charge in [-0.2, -0.15) is 0 Å². The summed E-state index contributed by atoms with van der Waals surface area (Å²) >= 11 is 0. The molecule has 1 saturated carbocycles. The SMILES string of the molecule is CCCC(C)NCCc1nncn1C1CC1. The van der Waals surface area contributed by atoms with Gasteiger partial charge in [0.1, 0.15) is 12.2 Å². The molecule has 1 aromatic rings. The summed E-state index contributed by atoms with van der Waals surface area (Å²) < 4.78 is 2.24. The first-order chi connectivity index (χ1) is 7.81. The Labute approximate surface area is 97.5 Å². The van der Waals surface area contributed by atoms with E-state index in [4.69, 9.17) is 0 Å². The highest BCUT2D eigenvalue weighted by atomic mass is 15.3. The molecule has 1 fully saturated rings. The van der Waals surface area contributed by atoms with Crippen LogP contribution in [0.1, 0.15) is 51.4 Å². The van der Waals surface area contributed by atoms with Crippen molar-refractivity contribution in [2.45, 2.75) is 58.0 Å². The maximum Gasteiger partial charge on any atom is 0.134 e. The molecule has 90 valence electrons. The summed E-state index contributed by atoms with van der Waals surface area (Å²) in [4.78, 5) is 0. The fraction of sp³-hybridized carbons (Fsp3) is 0.833. The Balaban J connectivity index is 1.74. The molecule has 4 nitrogen and oxygen atoms in total. The van der Waals surface area contributed by atoms with E-state index < -0.39 is 0 Å². The van der Waals surface area contributed by atoms with Crippen LogP contribution in [-0.2, 0) is 6.42 Å². The molecule has 1 unspecified atom stereocenters. The average molecular weight is 222 g/mol. The quantitative estimate of drug-likeness (QED) is 0.766. The lowest BCUT2D eigenvalue weighted by atomic mass is 10.2. The second kappa shape index (κ2) is 5.43. The average Bonchev–Trinajstić information content (AvgIpc) is 3.00. The predicted molar refractivity (Wildman–Crippen MR) is 64.4 cm³/mol. The molecule has 0 spiro atoms. The zero-order chi connectivity index (χ0) is 11.4. The molecule has 16 heavy (non-hydrogen) atoms. The first-order valence-corrected chi connectivity index (χ1v) is 6.43. The van der Waals surface area contributed by atoms with E-state index >= 15 is 0 Å². The highest BCUT2D eigenvalue weighted by Crippen LogP contribution is 2.35. The van der Waals surface area contributed by atoms with Crippen molar-refractivity contribution in [3.05, 3.63) is 12.2 Å². The van der Waals surface area contributed by atoms with Gasteiger partial charge in [-0.05, 0) is 26.2 Å². The number of rotatable bonds is 7. The van der Waals surface area contributed by atoms with Crippen LogP contribution < -0.4 is 5.32 Å². The first-order valence-electron chi connectivity index (χ1n) is 6.43. The summed E-state index contributed by atoms with van der Waals surface area (Å²) in [7, 11) is 0. The lowest BCUT2D eigenvalue weighted by Gasteiger charge is -2.12. The van der Waals surface area contributed by atoms with Gasteiger partial charge in [0.05, 0.1) is 0 Å². The molecular weight excluding hydrogens is 200 g/mol.